The van der Waals surface area contributed by atoms with Crippen LogP contribution in [0.15, 0.2) is 16.9 Å². The van der Waals surface area contributed by atoms with E-state index < -0.39 is 0 Å². The average Bonchev–Trinajstić information content (AvgIpc) is 2.58. The molecular weight excluding hydrogens is 112 g/mol. The summed E-state index contributed by atoms with van der Waals surface area (Å²) in [7, 11) is 0. The van der Waals surface area contributed by atoms with E-state index in [9.17, 15) is 0 Å². The summed E-state index contributed by atoms with van der Waals surface area (Å²) in [6, 6.07) is 0. The number of hydrogen-bond donors (Lipinski definition) is 0. The molecule has 1 heterocycles. The molecular formula is C7H9N2. The van der Waals surface area contributed by atoms with Crippen LogP contribution in [0.4, 0.5) is 0 Å². The summed E-state index contributed by atoms with van der Waals surface area (Å²) < 4.78 is 0. The Hall–Kier alpha value is -0.790. The standard InChI is InChI=1S/C7H9N2/c1-5-4-8-7(9-5)6-2-3-6/h4,6H,2-3H2,1H3. The second kappa shape index (κ2) is 1.59. The number of aliphatic imine (C=N–C) groups is 1. The summed E-state index contributed by atoms with van der Waals surface area (Å²) in [5, 5.41) is 4.17. The maximum atomic E-state index is 4.26. The van der Waals surface area contributed by atoms with Crippen LogP contribution in [-0.4, -0.2) is 5.84 Å². The molecule has 0 aromatic carbocycles. The molecule has 47 valence electrons. The highest BCUT2D eigenvalue weighted by molar-refractivity contribution is 5.89. The van der Waals surface area contributed by atoms with E-state index in [4.69, 9.17) is 0 Å². The van der Waals surface area contributed by atoms with Gasteiger partial charge in [0.2, 0.25) is 0 Å². The third-order valence-corrected chi connectivity index (χ3v) is 1.62. The van der Waals surface area contributed by atoms with Crippen molar-refractivity contribution in [1.29, 1.82) is 0 Å². The Morgan fingerprint density at radius 3 is 2.78 bits per heavy atom. The van der Waals surface area contributed by atoms with Gasteiger partial charge in [0.25, 0.3) is 0 Å². The molecule has 0 unspecified atom stereocenters. The Bertz CT molecular complexity index is 187. The highest BCUT2D eigenvalue weighted by atomic mass is 15.1. The van der Waals surface area contributed by atoms with Crippen LogP contribution in [0.3, 0.4) is 0 Å². The first-order valence-electron chi connectivity index (χ1n) is 3.32. The van der Waals surface area contributed by atoms with Crippen molar-refractivity contribution in [3.63, 3.8) is 0 Å². The zero-order chi connectivity index (χ0) is 6.27. The van der Waals surface area contributed by atoms with E-state index in [1.54, 1.807) is 0 Å². The number of rotatable bonds is 1. The van der Waals surface area contributed by atoms with E-state index in [2.05, 4.69) is 10.3 Å². The van der Waals surface area contributed by atoms with Gasteiger partial charge in [-0.05, 0) is 19.8 Å². The van der Waals surface area contributed by atoms with Crippen molar-refractivity contribution in [3.8, 4) is 0 Å². The summed E-state index contributed by atoms with van der Waals surface area (Å²) in [5.74, 6) is 1.77. The molecule has 0 aromatic rings. The minimum Gasteiger partial charge on any atom is -0.239 e. The van der Waals surface area contributed by atoms with Gasteiger partial charge in [-0.25, -0.2) is 10.3 Å². The predicted molar refractivity (Wildman–Crippen MR) is 36.1 cm³/mol. The van der Waals surface area contributed by atoms with E-state index >= 15 is 0 Å². The third kappa shape index (κ3) is 0.846. The molecule has 2 heteroatoms. The number of nitrogens with zero attached hydrogens (tertiary/aromatic N) is 2. The van der Waals surface area contributed by atoms with Gasteiger partial charge in [0, 0.05) is 5.92 Å². The molecule has 1 saturated carbocycles. The van der Waals surface area contributed by atoms with Gasteiger partial charge < -0.3 is 0 Å². The minimum absolute atomic E-state index is 0.707. The van der Waals surface area contributed by atoms with Crippen molar-refractivity contribution in [2.75, 3.05) is 0 Å². The second-order valence-electron chi connectivity index (χ2n) is 2.64. The van der Waals surface area contributed by atoms with Crippen LogP contribution in [0.2, 0.25) is 0 Å². The van der Waals surface area contributed by atoms with E-state index in [1.165, 1.54) is 12.8 Å². The van der Waals surface area contributed by atoms with E-state index in [1.807, 2.05) is 13.1 Å². The maximum absolute atomic E-state index is 4.26. The van der Waals surface area contributed by atoms with E-state index in [0.29, 0.717) is 5.92 Å². The van der Waals surface area contributed by atoms with Gasteiger partial charge in [-0.3, -0.25) is 0 Å². The van der Waals surface area contributed by atoms with Crippen LogP contribution in [0.5, 0.6) is 0 Å². The summed E-state index contributed by atoms with van der Waals surface area (Å²) in [6.45, 7) is 1.98. The molecule has 2 rings (SSSR count). The van der Waals surface area contributed by atoms with E-state index in [-0.39, 0.29) is 0 Å². The van der Waals surface area contributed by atoms with Gasteiger partial charge in [0.05, 0.1) is 11.9 Å². The molecule has 2 nitrogen and oxygen atoms in total. The van der Waals surface area contributed by atoms with Gasteiger partial charge in [0.1, 0.15) is 5.84 Å². The van der Waals surface area contributed by atoms with Crippen LogP contribution in [0, 0.1) is 5.92 Å². The Morgan fingerprint density at radius 2 is 2.33 bits per heavy atom. The van der Waals surface area contributed by atoms with Crippen molar-refractivity contribution in [2.24, 2.45) is 10.9 Å². The zero-order valence-corrected chi connectivity index (χ0v) is 5.46. The lowest BCUT2D eigenvalue weighted by molar-refractivity contribution is 1.09. The molecule has 9 heavy (non-hydrogen) atoms. The van der Waals surface area contributed by atoms with Crippen LogP contribution in [0.1, 0.15) is 19.8 Å². The SMILES string of the molecule is CC1=C[N]C(C2CC2)=N1. The monoisotopic (exact) mass is 121 g/mol. The Balaban J connectivity index is 2.09. The first kappa shape index (κ1) is 5.03. The molecule has 0 saturated heterocycles. The van der Waals surface area contributed by atoms with Crippen LogP contribution in [-0.2, 0) is 0 Å². The van der Waals surface area contributed by atoms with Crippen molar-refractivity contribution in [1.82, 2.24) is 5.32 Å². The predicted octanol–water partition coefficient (Wildman–Crippen LogP) is 1.27. The first-order chi connectivity index (χ1) is 4.36. The second-order valence-corrected chi connectivity index (χ2v) is 2.64. The molecule has 0 aromatic heterocycles. The fourth-order valence-electron chi connectivity index (χ4n) is 0.936. The summed E-state index contributed by atoms with van der Waals surface area (Å²) in [4.78, 5) is 4.26. The molecule has 0 spiro atoms. The van der Waals surface area contributed by atoms with Crippen molar-refractivity contribution in [2.45, 2.75) is 19.8 Å². The molecule has 0 N–H and O–H groups in total. The normalized spacial score (nSPS) is 25.0. The molecule has 1 aliphatic heterocycles. The van der Waals surface area contributed by atoms with Gasteiger partial charge >= 0.3 is 0 Å². The van der Waals surface area contributed by atoms with Crippen LogP contribution >= 0.6 is 0 Å². The van der Waals surface area contributed by atoms with Gasteiger partial charge in [-0.2, -0.15) is 0 Å². The summed E-state index contributed by atoms with van der Waals surface area (Å²) in [5.41, 5.74) is 1.05. The lowest BCUT2D eigenvalue weighted by atomic mass is 10.4. The van der Waals surface area contributed by atoms with E-state index in [0.717, 1.165) is 11.5 Å². The highest BCUT2D eigenvalue weighted by Gasteiger charge is 2.29. The van der Waals surface area contributed by atoms with Crippen molar-refractivity contribution in [3.05, 3.63) is 11.9 Å². The lowest BCUT2D eigenvalue weighted by Crippen LogP contribution is -2.07. The number of hydrogen-bond acceptors (Lipinski definition) is 1. The lowest BCUT2D eigenvalue weighted by Gasteiger charge is -1.89. The molecule has 0 bridgehead atoms. The molecule has 1 radical (unpaired) electrons. The number of allylic oxidation sites excluding steroid dienone is 1. The Kier molecular flexibility index (Phi) is 0.891. The van der Waals surface area contributed by atoms with Gasteiger partial charge in [-0.1, -0.05) is 0 Å². The Labute approximate surface area is 54.7 Å². The third-order valence-electron chi connectivity index (χ3n) is 1.62. The number of amidine groups is 1. The van der Waals surface area contributed by atoms with Crippen molar-refractivity contribution < 1.29 is 0 Å². The largest absolute Gasteiger partial charge is 0.239 e. The smallest absolute Gasteiger partial charge is 0.131 e. The average molecular weight is 121 g/mol. The quantitative estimate of drug-likeness (QED) is 0.499. The molecule has 1 aliphatic carbocycles. The molecule has 2 aliphatic rings. The first-order valence-corrected chi connectivity index (χ1v) is 3.32. The maximum Gasteiger partial charge on any atom is 0.131 e. The molecule has 1 fully saturated rings. The molecule has 0 amide bonds. The zero-order valence-electron chi connectivity index (χ0n) is 5.46. The molecule has 0 atom stereocenters. The minimum atomic E-state index is 0.707. The fraction of sp³-hybridized carbons (Fsp3) is 0.571. The Morgan fingerprint density at radius 1 is 1.56 bits per heavy atom. The van der Waals surface area contributed by atoms with Crippen molar-refractivity contribution >= 4 is 5.84 Å². The highest BCUT2D eigenvalue weighted by Crippen LogP contribution is 2.31. The van der Waals surface area contributed by atoms with Crippen LogP contribution in [0.25, 0.3) is 0 Å². The van der Waals surface area contributed by atoms with Gasteiger partial charge in [0.15, 0.2) is 0 Å². The fourth-order valence-corrected chi connectivity index (χ4v) is 0.936. The summed E-state index contributed by atoms with van der Waals surface area (Å²) in [6.07, 6.45) is 4.43. The summed E-state index contributed by atoms with van der Waals surface area (Å²) >= 11 is 0. The van der Waals surface area contributed by atoms with Crippen LogP contribution < -0.4 is 5.32 Å². The topological polar surface area (TPSA) is 26.5 Å². The van der Waals surface area contributed by atoms with Gasteiger partial charge in [-0.15, -0.1) is 0 Å².